The summed E-state index contributed by atoms with van der Waals surface area (Å²) in [6.07, 6.45) is 1.55. The third-order valence-corrected chi connectivity index (χ3v) is 4.46. The number of hydrogen-bond donors (Lipinski definition) is 1. The van der Waals surface area contributed by atoms with Crippen LogP contribution in [-0.2, 0) is 9.59 Å². The minimum Gasteiger partial charge on any atom is -0.350 e. The molecular formula is C18H16N2O2S. The van der Waals surface area contributed by atoms with Gasteiger partial charge in [-0.25, -0.2) is 0 Å². The molecule has 0 saturated carbocycles. The molecule has 0 bridgehead atoms. The van der Waals surface area contributed by atoms with Gasteiger partial charge in [0.1, 0.15) is 5.70 Å². The highest BCUT2D eigenvalue weighted by Crippen LogP contribution is 2.32. The van der Waals surface area contributed by atoms with Crippen LogP contribution < -0.4 is 5.32 Å². The summed E-state index contributed by atoms with van der Waals surface area (Å²) in [5.74, 6) is -0.606. The van der Waals surface area contributed by atoms with Gasteiger partial charge < -0.3 is 5.32 Å². The van der Waals surface area contributed by atoms with Crippen LogP contribution in [0, 0.1) is 6.92 Å². The van der Waals surface area contributed by atoms with E-state index in [4.69, 9.17) is 0 Å². The van der Waals surface area contributed by atoms with Crippen LogP contribution in [0.15, 0.2) is 60.1 Å². The van der Waals surface area contributed by atoms with Crippen molar-refractivity contribution in [1.82, 2.24) is 4.90 Å². The molecule has 0 aliphatic carbocycles. The van der Waals surface area contributed by atoms with Gasteiger partial charge in [0.2, 0.25) is 0 Å². The van der Waals surface area contributed by atoms with Gasteiger partial charge in [0.15, 0.2) is 0 Å². The van der Waals surface area contributed by atoms with Gasteiger partial charge in [0.25, 0.3) is 11.8 Å². The highest BCUT2D eigenvalue weighted by atomic mass is 32.1. The van der Waals surface area contributed by atoms with E-state index in [0.29, 0.717) is 11.3 Å². The topological polar surface area (TPSA) is 49.4 Å². The zero-order chi connectivity index (χ0) is 16.4. The van der Waals surface area contributed by atoms with Gasteiger partial charge in [-0.3, -0.25) is 14.5 Å². The number of benzene rings is 1. The van der Waals surface area contributed by atoms with E-state index in [0.717, 1.165) is 16.1 Å². The number of imide groups is 1. The van der Waals surface area contributed by atoms with Gasteiger partial charge in [-0.2, -0.15) is 0 Å². The molecule has 1 N–H and O–H groups in total. The lowest BCUT2D eigenvalue weighted by Gasteiger charge is -2.12. The third-order valence-electron chi connectivity index (χ3n) is 3.57. The Balaban J connectivity index is 2.03. The first-order chi connectivity index (χ1) is 11.1. The van der Waals surface area contributed by atoms with E-state index in [1.807, 2.05) is 48.7 Å². The molecule has 1 aliphatic heterocycles. The van der Waals surface area contributed by atoms with Crippen molar-refractivity contribution < 1.29 is 9.59 Å². The molecule has 0 spiro atoms. The number of aryl methyl sites for hydroxylation is 1. The second-order valence-corrected chi connectivity index (χ2v) is 6.18. The minimum absolute atomic E-state index is 0.200. The van der Waals surface area contributed by atoms with Crippen molar-refractivity contribution in [2.24, 2.45) is 0 Å². The highest BCUT2D eigenvalue weighted by molar-refractivity contribution is 7.11. The third kappa shape index (κ3) is 2.83. The molecule has 1 aromatic carbocycles. The van der Waals surface area contributed by atoms with E-state index < -0.39 is 0 Å². The maximum atomic E-state index is 12.6. The van der Waals surface area contributed by atoms with Crippen LogP contribution in [0.2, 0.25) is 0 Å². The van der Waals surface area contributed by atoms with E-state index in [1.54, 1.807) is 6.08 Å². The summed E-state index contributed by atoms with van der Waals surface area (Å²) in [5, 5.41) is 5.00. The molecule has 0 unspecified atom stereocenters. The van der Waals surface area contributed by atoms with Crippen molar-refractivity contribution in [2.75, 3.05) is 11.9 Å². The lowest BCUT2D eigenvalue weighted by atomic mass is 10.1. The zero-order valence-electron chi connectivity index (χ0n) is 12.7. The van der Waals surface area contributed by atoms with Gasteiger partial charge in [0, 0.05) is 17.1 Å². The normalized spacial score (nSPS) is 14.6. The smallest absolute Gasteiger partial charge is 0.278 e. The number of thiophene rings is 1. The van der Waals surface area contributed by atoms with Crippen LogP contribution in [0.4, 0.5) is 5.69 Å². The standard InChI is InChI=1S/C18H16N2O2S/c1-3-10-20-17(21)15(14-5-4-11-23-14)16(18(20)22)19-13-8-6-12(2)7-9-13/h3-9,11,19H,1,10H2,2H3. The van der Waals surface area contributed by atoms with Crippen LogP contribution in [-0.4, -0.2) is 23.3 Å². The molecule has 2 amide bonds. The Bertz CT molecular complexity index is 789. The fraction of sp³-hybridized carbons (Fsp3) is 0.111. The number of amides is 2. The van der Waals surface area contributed by atoms with E-state index >= 15 is 0 Å². The summed E-state index contributed by atoms with van der Waals surface area (Å²) >= 11 is 1.44. The van der Waals surface area contributed by atoms with Gasteiger partial charge in [-0.05, 0) is 30.5 Å². The molecule has 3 rings (SSSR count). The van der Waals surface area contributed by atoms with E-state index in [-0.39, 0.29) is 18.4 Å². The number of nitrogens with one attached hydrogen (secondary N) is 1. The number of rotatable bonds is 5. The Morgan fingerprint density at radius 2 is 1.91 bits per heavy atom. The molecule has 4 nitrogen and oxygen atoms in total. The molecule has 0 saturated heterocycles. The molecule has 2 heterocycles. The number of anilines is 1. The van der Waals surface area contributed by atoms with Crippen molar-refractivity contribution in [1.29, 1.82) is 0 Å². The van der Waals surface area contributed by atoms with Crippen LogP contribution in [0.3, 0.4) is 0 Å². The first kappa shape index (κ1) is 15.2. The summed E-state index contributed by atoms with van der Waals surface area (Å²) in [6, 6.07) is 11.4. The van der Waals surface area contributed by atoms with Crippen molar-refractivity contribution in [2.45, 2.75) is 6.92 Å². The second kappa shape index (κ2) is 6.22. The molecule has 0 atom stereocenters. The Morgan fingerprint density at radius 1 is 1.17 bits per heavy atom. The van der Waals surface area contributed by atoms with E-state index in [9.17, 15) is 9.59 Å². The number of nitrogens with zero attached hydrogens (tertiary/aromatic N) is 1. The molecule has 2 aromatic rings. The van der Waals surface area contributed by atoms with Gasteiger partial charge in [-0.15, -0.1) is 17.9 Å². The number of carbonyl (C=O) groups is 2. The molecule has 0 radical (unpaired) electrons. The quantitative estimate of drug-likeness (QED) is 0.677. The number of hydrogen-bond acceptors (Lipinski definition) is 4. The highest BCUT2D eigenvalue weighted by Gasteiger charge is 2.38. The van der Waals surface area contributed by atoms with Gasteiger partial charge in [-0.1, -0.05) is 29.8 Å². The second-order valence-electron chi connectivity index (χ2n) is 5.23. The first-order valence-electron chi connectivity index (χ1n) is 7.20. The first-order valence-corrected chi connectivity index (χ1v) is 8.08. The van der Waals surface area contributed by atoms with Gasteiger partial charge in [0.05, 0.1) is 5.57 Å². The average Bonchev–Trinajstić information content (AvgIpc) is 3.13. The molecule has 5 heteroatoms. The molecule has 1 aliphatic rings. The summed E-state index contributed by atoms with van der Waals surface area (Å²) in [5.41, 5.74) is 2.65. The van der Waals surface area contributed by atoms with Crippen LogP contribution in [0.5, 0.6) is 0 Å². The van der Waals surface area contributed by atoms with E-state index in [1.165, 1.54) is 16.2 Å². The predicted molar refractivity (Wildman–Crippen MR) is 93.0 cm³/mol. The fourth-order valence-electron chi connectivity index (χ4n) is 2.42. The maximum absolute atomic E-state index is 12.6. The number of carbonyl (C=O) groups excluding carboxylic acids is 2. The molecule has 116 valence electrons. The Hall–Kier alpha value is -2.66. The van der Waals surface area contributed by atoms with Crippen molar-refractivity contribution >= 4 is 34.4 Å². The lowest BCUT2D eigenvalue weighted by Crippen LogP contribution is -2.32. The molecule has 23 heavy (non-hydrogen) atoms. The van der Waals surface area contributed by atoms with Crippen molar-refractivity contribution in [3.05, 3.63) is 70.6 Å². The maximum Gasteiger partial charge on any atom is 0.278 e. The monoisotopic (exact) mass is 324 g/mol. The average molecular weight is 324 g/mol. The SMILES string of the molecule is C=CCN1C(=O)C(Nc2ccc(C)cc2)=C(c2cccs2)C1=O. The van der Waals surface area contributed by atoms with E-state index in [2.05, 4.69) is 11.9 Å². The largest absolute Gasteiger partial charge is 0.350 e. The lowest BCUT2D eigenvalue weighted by molar-refractivity contribution is -0.136. The summed E-state index contributed by atoms with van der Waals surface area (Å²) in [4.78, 5) is 27.2. The van der Waals surface area contributed by atoms with Crippen molar-refractivity contribution in [3.63, 3.8) is 0 Å². The van der Waals surface area contributed by atoms with Crippen molar-refractivity contribution in [3.8, 4) is 0 Å². The fourth-order valence-corrected chi connectivity index (χ4v) is 3.19. The summed E-state index contributed by atoms with van der Waals surface area (Å²) < 4.78 is 0. The molecule has 1 aromatic heterocycles. The summed E-state index contributed by atoms with van der Waals surface area (Å²) in [7, 11) is 0. The Morgan fingerprint density at radius 3 is 2.52 bits per heavy atom. The summed E-state index contributed by atoms with van der Waals surface area (Å²) in [6.45, 7) is 5.81. The Labute approximate surface area is 138 Å². The predicted octanol–water partition coefficient (Wildman–Crippen LogP) is 3.43. The molecule has 0 fully saturated rings. The van der Waals surface area contributed by atoms with Crippen LogP contribution in [0.1, 0.15) is 10.4 Å². The zero-order valence-corrected chi connectivity index (χ0v) is 13.5. The Kier molecular flexibility index (Phi) is 4.12. The van der Waals surface area contributed by atoms with Crippen LogP contribution in [0.25, 0.3) is 5.57 Å². The van der Waals surface area contributed by atoms with Gasteiger partial charge >= 0.3 is 0 Å². The minimum atomic E-state index is -0.320. The molecular weight excluding hydrogens is 308 g/mol. The van der Waals surface area contributed by atoms with Crippen LogP contribution >= 0.6 is 11.3 Å².